The van der Waals surface area contributed by atoms with Gasteiger partial charge < -0.3 is 14.5 Å². The molecule has 0 atom stereocenters. The molecule has 0 spiro atoms. The predicted octanol–water partition coefficient (Wildman–Crippen LogP) is 1.75. The Morgan fingerprint density at radius 3 is 2.72 bits per heavy atom. The number of ether oxygens (including phenoxy) is 1. The number of hydrogen-bond acceptors (Lipinski definition) is 4. The van der Waals surface area contributed by atoms with Crippen molar-refractivity contribution in [1.29, 1.82) is 0 Å². The van der Waals surface area contributed by atoms with Crippen molar-refractivity contribution in [3.05, 3.63) is 0 Å². The Morgan fingerprint density at radius 1 is 1.11 bits per heavy atom. The van der Waals surface area contributed by atoms with Crippen LogP contribution < -0.4 is 0 Å². The lowest BCUT2D eigenvalue weighted by Crippen LogP contribution is -2.29. The quantitative estimate of drug-likeness (QED) is 0.513. The SMILES string of the molecule is CCOC(=O)CCCCCN1CCCN(C)CC1. The normalized spacial score (nSPS) is 18.6. The summed E-state index contributed by atoms with van der Waals surface area (Å²) >= 11 is 0. The number of likely N-dealkylation sites (N-methyl/N-ethyl adjacent to an activating group) is 1. The van der Waals surface area contributed by atoms with Crippen molar-refractivity contribution in [3.63, 3.8) is 0 Å². The first-order valence-corrected chi connectivity index (χ1v) is 7.29. The lowest BCUT2D eigenvalue weighted by atomic mass is 10.2. The van der Waals surface area contributed by atoms with Gasteiger partial charge in [-0.15, -0.1) is 0 Å². The lowest BCUT2D eigenvalue weighted by molar-refractivity contribution is -0.143. The zero-order chi connectivity index (χ0) is 13.2. The van der Waals surface area contributed by atoms with Crippen LogP contribution in [0.4, 0.5) is 0 Å². The molecule has 106 valence electrons. The Labute approximate surface area is 111 Å². The first kappa shape index (κ1) is 15.4. The fraction of sp³-hybridized carbons (Fsp3) is 0.929. The zero-order valence-corrected chi connectivity index (χ0v) is 12.0. The summed E-state index contributed by atoms with van der Waals surface area (Å²) in [7, 11) is 2.20. The van der Waals surface area contributed by atoms with Gasteiger partial charge in [0.2, 0.25) is 0 Å². The summed E-state index contributed by atoms with van der Waals surface area (Å²) in [6.07, 6.45) is 5.15. The number of esters is 1. The van der Waals surface area contributed by atoms with E-state index in [2.05, 4.69) is 16.8 Å². The number of carbonyl (C=O) groups excluding carboxylic acids is 1. The summed E-state index contributed by atoms with van der Waals surface area (Å²) in [6, 6.07) is 0. The zero-order valence-electron chi connectivity index (χ0n) is 12.0. The van der Waals surface area contributed by atoms with Crippen molar-refractivity contribution >= 4 is 5.97 Å². The van der Waals surface area contributed by atoms with Crippen LogP contribution in [0.1, 0.15) is 39.0 Å². The topological polar surface area (TPSA) is 32.8 Å². The Balaban J connectivity index is 1.98. The molecule has 0 aromatic carbocycles. The summed E-state index contributed by atoms with van der Waals surface area (Å²) in [5.74, 6) is -0.0473. The van der Waals surface area contributed by atoms with Gasteiger partial charge in [-0.25, -0.2) is 0 Å². The number of hydrogen-bond donors (Lipinski definition) is 0. The third-order valence-corrected chi connectivity index (χ3v) is 3.47. The van der Waals surface area contributed by atoms with Crippen LogP contribution in [-0.2, 0) is 9.53 Å². The van der Waals surface area contributed by atoms with Crippen molar-refractivity contribution in [3.8, 4) is 0 Å². The number of carbonyl (C=O) groups is 1. The summed E-state index contributed by atoms with van der Waals surface area (Å²) < 4.78 is 4.91. The van der Waals surface area contributed by atoms with Crippen LogP contribution in [0, 0.1) is 0 Å². The number of rotatable bonds is 7. The van der Waals surface area contributed by atoms with Crippen LogP contribution in [-0.4, -0.2) is 62.1 Å². The second-order valence-corrected chi connectivity index (χ2v) is 5.11. The van der Waals surface area contributed by atoms with Gasteiger partial charge in [-0.05, 0) is 52.9 Å². The van der Waals surface area contributed by atoms with E-state index < -0.39 is 0 Å². The highest BCUT2D eigenvalue weighted by Gasteiger charge is 2.11. The molecule has 0 aromatic heterocycles. The molecule has 0 aliphatic carbocycles. The molecule has 1 aliphatic heterocycles. The fourth-order valence-electron chi connectivity index (χ4n) is 2.34. The summed E-state index contributed by atoms with van der Waals surface area (Å²) in [6.45, 7) is 8.35. The molecule has 0 bridgehead atoms. The van der Waals surface area contributed by atoms with E-state index in [1.807, 2.05) is 6.92 Å². The van der Waals surface area contributed by atoms with Gasteiger partial charge in [-0.3, -0.25) is 4.79 Å². The molecular weight excluding hydrogens is 228 g/mol. The number of unbranched alkanes of at least 4 members (excludes halogenated alkanes) is 2. The van der Waals surface area contributed by atoms with Crippen LogP contribution in [0.25, 0.3) is 0 Å². The predicted molar refractivity (Wildman–Crippen MR) is 73.7 cm³/mol. The van der Waals surface area contributed by atoms with Crippen molar-refractivity contribution in [1.82, 2.24) is 9.80 Å². The molecule has 0 aromatic rings. The van der Waals surface area contributed by atoms with Gasteiger partial charge in [0.25, 0.3) is 0 Å². The molecule has 1 saturated heterocycles. The van der Waals surface area contributed by atoms with Crippen LogP contribution in [0.3, 0.4) is 0 Å². The third-order valence-electron chi connectivity index (χ3n) is 3.47. The monoisotopic (exact) mass is 256 g/mol. The van der Waals surface area contributed by atoms with Gasteiger partial charge in [-0.1, -0.05) is 6.42 Å². The second kappa shape index (κ2) is 9.34. The first-order chi connectivity index (χ1) is 8.72. The lowest BCUT2D eigenvalue weighted by Gasteiger charge is -2.19. The van der Waals surface area contributed by atoms with Crippen molar-refractivity contribution in [2.45, 2.75) is 39.0 Å². The van der Waals surface area contributed by atoms with Crippen LogP contribution in [0.15, 0.2) is 0 Å². The van der Waals surface area contributed by atoms with Gasteiger partial charge >= 0.3 is 5.97 Å². The van der Waals surface area contributed by atoms with Gasteiger partial charge in [0.05, 0.1) is 6.61 Å². The molecule has 1 rings (SSSR count). The molecule has 0 N–H and O–H groups in total. The maximum atomic E-state index is 11.2. The average Bonchev–Trinajstić information content (AvgIpc) is 2.54. The molecule has 4 nitrogen and oxygen atoms in total. The van der Waals surface area contributed by atoms with E-state index in [4.69, 9.17) is 4.74 Å². The summed E-state index contributed by atoms with van der Waals surface area (Å²) in [5, 5.41) is 0. The van der Waals surface area contributed by atoms with E-state index in [0.717, 1.165) is 12.8 Å². The molecule has 1 aliphatic rings. The van der Waals surface area contributed by atoms with Gasteiger partial charge in [-0.2, -0.15) is 0 Å². The summed E-state index contributed by atoms with van der Waals surface area (Å²) in [5.41, 5.74) is 0. The molecule has 0 amide bonds. The Morgan fingerprint density at radius 2 is 1.94 bits per heavy atom. The second-order valence-electron chi connectivity index (χ2n) is 5.11. The third kappa shape index (κ3) is 6.97. The highest BCUT2D eigenvalue weighted by Crippen LogP contribution is 2.06. The summed E-state index contributed by atoms with van der Waals surface area (Å²) in [4.78, 5) is 16.1. The largest absolute Gasteiger partial charge is 0.466 e. The Bertz CT molecular complexity index is 234. The maximum Gasteiger partial charge on any atom is 0.305 e. The smallest absolute Gasteiger partial charge is 0.305 e. The molecule has 0 unspecified atom stereocenters. The van der Waals surface area contributed by atoms with Gasteiger partial charge in [0.1, 0.15) is 0 Å². The van der Waals surface area contributed by atoms with E-state index in [9.17, 15) is 4.79 Å². The highest BCUT2D eigenvalue weighted by molar-refractivity contribution is 5.69. The van der Waals surface area contributed by atoms with Gasteiger partial charge in [0, 0.05) is 19.5 Å². The van der Waals surface area contributed by atoms with E-state index in [1.54, 1.807) is 0 Å². The Kier molecular flexibility index (Phi) is 8.01. The van der Waals surface area contributed by atoms with E-state index in [1.165, 1.54) is 45.6 Å². The Hall–Kier alpha value is -0.610. The van der Waals surface area contributed by atoms with E-state index in [0.29, 0.717) is 13.0 Å². The van der Waals surface area contributed by atoms with Gasteiger partial charge in [0.15, 0.2) is 0 Å². The minimum Gasteiger partial charge on any atom is -0.466 e. The molecule has 1 heterocycles. The molecule has 18 heavy (non-hydrogen) atoms. The molecule has 4 heteroatoms. The number of nitrogens with zero attached hydrogens (tertiary/aromatic N) is 2. The fourth-order valence-corrected chi connectivity index (χ4v) is 2.34. The van der Waals surface area contributed by atoms with E-state index >= 15 is 0 Å². The minimum absolute atomic E-state index is 0.0473. The van der Waals surface area contributed by atoms with Crippen LogP contribution in [0.5, 0.6) is 0 Å². The standard InChI is InChI=1S/C14H28N2O2/c1-3-18-14(17)8-5-4-6-10-16-11-7-9-15(2)12-13-16/h3-13H2,1-2H3. The first-order valence-electron chi connectivity index (χ1n) is 7.29. The van der Waals surface area contributed by atoms with Crippen LogP contribution >= 0.6 is 0 Å². The van der Waals surface area contributed by atoms with Crippen molar-refractivity contribution in [2.75, 3.05) is 46.4 Å². The van der Waals surface area contributed by atoms with Crippen molar-refractivity contribution < 1.29 is 9.53 Å². The molecule has 1 fully saturated rings. The van der Waals surface area contributed by atoms with Crippen LogP contribution in [0.2, 0.25) is 0 Å². The highest BCUT2D eigenvalue weighted by atomic mass is 16.5. The maximum absolute atomic E-state index is 11.2. The van der Waals surface area contributed by atoms with Crippen molar-refractivity contribution in [2.24, 2.45) is 0 Å². The minimum atomic E-state index is -0.0473. The molecular formula is C14H28N2O2. The van der Waals surface area contributed by atoms with E-state index in [-0.39, 0.29) is 5.97 Å². The average molecular weight is 256 g/mol. The molecule has 0 radical (unpaired) electrons. The molecule has 0 saturated carbocycles.